The van der Waals surface area contributed by atoms with Gasteiger partial charge in [0.2, 0.25) is 0 Å². The molecule has 1 aliphatic rings. The molecule has 0 radical (unpaired) electrons. The molecule has 1 saturated heterocycles. The molecule has 30 heavy (non-hydrogen) atoms. The molecule has 0 spiro atoms. The van der Waals surface area contributed by atoms with Crippen LogP contribution in [-0.4, -0.2) is 97.5 Å². The first-order valence-electron chi connectivity index (χ1n) is 9.21. The summed E-state index contributed by atoms with van der Waals surface area (Å²) in [6.07, 6.45) is 5.11. The monoisotopic (exact) mass is 528 g/mol. The number of hydrogen-bond donors (Lipinski definition) is 3. The maximum Gasteiger partial charge on any atom is 0.0777 e. The summed E-state index contributed by atoms with van der Waals surface area (Å²) in [4.78, 5) is 7.42. The standard InChI is InChI=1S/C15H34N4.2ClHO4.Ni/c1-17-10-4-8-16-9-5-11-18(2)13-7-15-19(3)14-6-12-17;2*2-1(3,4)5;/h16H,4-15H2,1-3H3;2*(H,2,3,4,5);. The molecule has 1 heterocycles. The minimum absolute atomic E-state index is 0. The quantitative estimate of drug-likeness (QED) is 0.251. The Bertz CT molecular complexity index is 338. The first-order valence-corrected chi connectivity index (χ1v) is 11.7. The van der Waals surface area contributed by atoms with Gasteiger partial charge in [0.05, 0.1) is 29.8 Å². The second-order valence-corrected chi connectivity index (χ2v) is 8.45. The molecule has 0 amide bonds. The molecule has 15 heteroatoms. The van der Waals surface area contributed by atoms with Crippen LogP contribution in [0.3, 0.4) is 0 Å². The fraction of sp³-hybridized carbons (Fsp3) is 1.00. The zero-order chi connectivity index (χ0) is 22.9. The van der Waals surface area contributed by atoms with E-state index >= 15 is 0 Å². The minimum atomic E-state index is -4.69. The van der Waals surface area contributed by atoms with Gasteiger partial charge in [-0.25, -0.2) is 0 Å². The molecule has 12 nitrogen and oxygen atoms in total. The summed E-state index contributed by atoms with van der Waals surface area (Å²) in [5.74, 6) is 0. The third kappa shape index (κ3) is 42.6. The first-order chi connectivity index (χ1) is 13.2. The van der Waals surface area contributed by atoms with E-state index < -0.39 is 20.5 Å². The van der Waals surface area contributed by atoms with Crippen molar-refractivity contribution in [2.24, 2.45) is 0 Å². The van der Waals surface area contributed by atoms with Gasteiger partial charge in [-0.1, -0.05) is 0 Å². The second-order valence-electron chi connectivity index (χ2n) is 6.87. The smallest absolute Gasteiger partial charge is 0.0777 e. The van der Waals surface area contributed by atoms with E-state index in [-0.39, 0.29) is 16.5 Å². The van der Waals surface area contributed by atoms with Gasteiger partial charge >= 0.3 is 0 Å². The molecule has 0 aliphatic carbocycles. The van der Waals surface area contributed by atoms with E-state index in [9.17, 15) is 0 Å². The summed E-state index contributed by atoms with van der Waals surface area (Å²) >= 11 is 0. The molecule has 3 N–H and O–H groups in total. The van der Waals surface area contributed by atoms with Gasteiger partial charge < -0.3 is 20.0 Å². The van der Waals surface area contributed by atoms with Gasteiger partial charge in [-0.05, 0) is 99.2 Å². The average Bonchev–Trinajstić information content (AvgIpc) is 2.50. The molecule has 188 valence electrons. The predicted octanol–water partition coefficient (Wildman–Crippen LogP) is -7.31. The molecule has 0 aromatic carbocycles. The third-order valence-corrected chi connectivity index (χ3v) is 3.95. The minimum Gasteiger partial charge on any atom is -0.317 e. The van der Waals surface area contributed by atoms with E-state index in [1.165, 1.54) is 65.0 Å². The van der Waals surface area contributed by atoms with Crippen molar-refractivity contribution in [2.45, 2.75) is 25.7 Å². The molecule has 1 fully saturated rings. The van der Waals surface area contributed by atoms with E-state index in [4.69, 9.17) is 37.3 Å². The van der Waals surface area contributed by atoms with Crippen LogP contribution in [0, 0.1) is 20.5 Å². The Morgan fingerprint density at radius 1 is 0.567 bits per heavy atom. The van der Waals surface area contributed by atoms with Crippen LogP contribution in [0.15, 0.2) is 0 Å². The van der Waals surface area contributed by atoms with Crippen molar-refractivity contribution in [1.29, 1.82) is 0 Å². The Balaban J connectivity index is -0.000000553. The van der Waals surface area contributed by atoms with Crippen molar-refractivity contribution in [3.8, 4) is 0 Å². The average molecular weight is 530 g/mol. The maximum atomic E-state index is 8.60. The first kappa shape index (κ1) is 35.2. The van der Waals surface area contributed by atoms with Gasteiger partial charge in [0, 0.05) is 16.5 Å². The van der Waals surface area contributed by atoms with E-state index in [1.54, 1.807) is 0 Å². The zero-order valence-corrected chi connectivity index (χ0v) is 20.2. The zero-order valence-electron chi connectivity index (χ0n) is 17.7. The van der Waals surface area contributed by atoms with Gasteiger partial charge in [0.15, 0.2) is 0 Å². The summed E-state index contributed by atoms with van der Waals surface area (Å²) < 4.78 is 65.4. The molecule has 0 aromatic rings. The van der Waals surface area contributed by atoms with Crippen LogP contribution >= 0.6 is 0 Å². The summed E-state index contributed by atoms with van der Waals surface area (Å²) in [7, 11) is -2.64. The van der Waals surface area contributed by atoms with Crippen molar-refractivity contribution in [1.82, 2.24) is 20.0 Å². The van der Waals surface area contributed by atoms with Crippen molar-refractivity contribution >= 4 is 0 Å². The number of nitrogens with one attached hydrogen (secondary N) is 1. The predicted molar refractivity (Wildman–Crippen MR) is 88.3 cm³/mol. The number of hydrogen-bond acceptors (Lipinski definition) is 12. The van der Waals surface area contributed by atoms with Gasteiger partial charge in [-0.3, -0.25) is 0 Å². The molecule has 0 bridgehead atoms. The largest absolute Gasteiger partial charge is 0.317 e. The maximum absolute atomic E-state index is 8.60. The van der Waals surface area contributed by atoms with Crippen molar-refractivity contribution in [3.63, 3.8) is 0 Å². The van der Waals surface area contributed by atoms with Crippen LogP contribution < -0.4 is 33.3 Å². The van der Waals surface area contributed by atoms with Crippen molar-refractivity contribution in [2.75, 3.05) is 73.5 Å². The Morgan fingerprint density at radius 3 is 1.00 bits per heavy atom. The molecule has 0 atom stereocenters. The SMILES string of the molecule is CN1CCCNCCCN(C)CCCN(C)CCC1.[Ni].[O-][Cl+3]([O-])([O-])O.[O-][Cl+3]([O-])([O-])O. The van der Waals surface area contributed by atoms with Crippen LogP contribution in [0.2, 0.25) is 0 Å². The fourth-order valence-electron chi connectivity index (χ4n) is 2.63. The molecule has 0 unspecified atom stereocenters. The summed E-state index contributed by atoms with van der Waals surface area (Å²) in [5.41, 5.74) is 0. The van der Waals surface area contributed by atoms with E-state index in [2.05, 4.69) is 41.2 Å². The van der Waals surface area contributed by atoms with E-state index in [1.807, 2.05) is 0 Å². The van der Waals surface area contributed by atoms with Crippen LogP contribution in [0.1, 0.15) is 25.7 Å². The molecule has 1 aliphatic heterocycles. The normalized spacial score (nSPS) is 20.1. The summed E-state index contributed by atoms with van der Waals surface area (Å²) in [6, 6.07) is 0. The summed E-state index contributed by atoms with van der Waals surface area (Å²) in [6.45, 7) is 9.67. The van der Waals surface area contributed by atoms with Crippen LogP contribution in [0.25, 0.3) is 0 Å². The fourth-order valence-corrected chi connectivity index (χ4v) is 2.63. The molecule has 0 saturated carbocycles. The van der Waals surface area contributed by atoms with Crippen LogP contribution in [0.4, 0.5) is 0 Å². The van der Waals surface area contributed by atoms with Crippen LogP contribution in [-0.2, 0) is 16.5 Å². The molecular formula is C15H36Cl2N4NiO8. The molecule has 1 rings (SSSR count). The van der Waals surface area contributed by atoms with Gasteiger partial charge in [-0.15, -0.1) is 0 Å². The topological polar surface area (TPSA) is 201 Å². The van der Waals surface area contributed by atoms with E-state index in [0.29, 0.717) is 0 Å². The van der Waals surface area contributed by atoms with Crippen LogP contribution in [0.5, 0.6) is 0 Å². The second kappa shape index (κ2) is 20.2. The Labute approximate surface area is 193 Å². The number of halogens is 2. The summed E-state index contributed by atoms with van der Waals surface area (Å²) in [5, 5.41) is 3.55. The Kier molecular flexibility index (Phi) is 23.7. The van der Waals surface area contributed by atoms with Gasteiger partial charge in [0.1, 0.15) is 0 Å². The molecular weight excluding hydrogens is 494 g/mol. The number of rotatable bonds is 0. The number of nitrogens with zero attached hydrogens (tertiary/aromatic N) is 3. The Morgan fingerprint density at radius 2 is 0.767 bits per heavy atom. The van der Waals surface area contributed by atoms with Gasteiger partial charge in [-0.2, -0.15) is 28.0 Å². The third-order valence-electron chi connectivity index (χ3n) is 3.95. The van der Waals surface area contributed by atoms with E-state index in [0.717, 1.165) is 13.1 Å². The van der Waals surface area contributed by atoms with Crippen molar-refractivity contribution in [3.05, 3.63) is 0 Å². The van der Waals surface area contributed by atoms with Crippen molar-refractivity contribution < 1.29 is 74.2 Å². The van der Waals surface area contributed by atoms with Gasteiger partial charge in [0.25, 0.3) is 0 Å². The Hall–Kier alpha value is 0.594. The molecule has 0 aromatic heterocycles.